The van der Waals surface area contributed by atoms with E-state index in [2.05, 4.69) is 91.7 Å². The number of rotatable bonds is 21. The fourth-order valence-electron chi connectivity index (χ4n) is 4.75. The Balaban J connectivity index is 5.15. The minimum Gasteiger partial charge on any atom is -0.435 e. The Morgan fingerprint density at radius 1 is 0.561 bits per heavy atom. The van der Waals surface area contributed by atoms with E-state index in [4.69, 9.17) is 33.2 Å². The van der Waals surface area contributed by atoms with Crippen molar-refractivity contribution in [3.8, 4) is 0 Å². The molecule has 2 radical (unpaired) electrons. The van der Waals surface area contributed by atoms with E-state index in [9.17, 15) is 4.46 Å². The van der Waals surface area contributed by atoms with Crippen LogP contribution in [0.1, 0.15) is 6.92 Å². The van der Waals surface area contributed by atoms with Crippen LogP contribution in [0.15, 0.2) is 0 Å². The molecule has 0 saturated heterocycles. The van der Waals surface area contributed by atoms with Gasteiger partial charge >= 0.3 is 60.6 Å². The van der Waals surface area contributed by atoms with Crippen LogP contribution < -0.4 is 0 Å². The minimum atomic E-state index is -2.62. The molecule has 0 aliphatic carbocycles. The summed E-state index contributed by atoms with van der Waals surface area (Å²) in [5.74, 6) is 0. The number of hydrogen-bond acceptors (Lipinski definition) is 9. The first kappa shape index (κ1) is 42.6. The summed E-state index contributed by atoms with van der Waals surface area (Å²) in [5, 5.41) is 0. The summed E-state index contributed by atoms with van der Waals surface area (Å²) in [6, 6.07) is 1.85. The van der Waals surface area contributed by atoms with Crippen molar-refractivity contribution in [1.29, 1.82) is 0 Å². The molecule has 0 aromatic carbocycles. The first-order valence-electron chi connectivity index (χ1n) is 14.7. The third-order valence-corrected chi connectivity index (χ3v) is 37.6. The van der Waals surface area contributed by atoms with E-state index in [1.165, 1.54) is 0 Å². The highest BCUT2D eigenvalue weighted by Crippen LogP contribution is 2.28. The van der Waals surface area contributed by atoms with Crippen molar-refractivity contribution in [2.24, 2.45) is 0 Å². The van der Waals surface area contributed by atoms with E-state index in [1.54, 1.807) is 0 Å². The number of hydrogen-bond donors (Lipinski definition) is 0. The van der Waals surface area contributed by atoms with Crippen LogP contribution in [-0.2, 0) is 37.7 Å². The van der Waals surface area contributed by atoms with Gasteiger partial charge in [0.15, 0.2) is 9.04 Å². The third kappa shape index (κ3) is 21.9. The molecule has 0 atom stereocenters. The normalized spacial score (nSPS) is 14.8. The largest absolute Gasteiger partial charge is 0.435 e. The lowest BCUT2D eigenvalue weighted by Crippen LogP contribution is -2.60. The molecule has 0 saturated carbocycles. The molecule has 0 heterocycles. The SMILES string of the molecule is CC[Si](=O)C[Si](C)O[Si](C)O[Si](C)(C)O[Si](C)(C)O[Si](C)(C)O[Si](C)(C)O[Si](C)(C)O[Si](C)(C)OCC[Si](C)(C)C. The zero-order chi connectivity index (χ0) is 32.7. The molecule has 0 amide bonds. The summed E-state index contributed by atoms with van der Waals surface area (Å²) in [6.07, 6.45) is 0. The maximum atomic E-state index is 12.0. The highest BCUT2D eigenvalue weighted by molar-refractivity contribution is 6.91. The second kappa shape index (κ2) is 16.5. The van der Waals surface area contributed by atoms with Crippen molar-refractivity contribution >= 4 is 86.4 Å². The summed E-state index contributed by atoms with van der Waals surface area (Å²) in [4.78, 5) is 0. The average molecular weight is 752 g/mol. The zero-order valence-corrected chi connectivity index (χ0v) is 39.5. The summed E-state index contributed by atoms with van der Waals surface area (Å²) < 4.78 is 64.0. The fourth-order valence-corrected chi connectivity index (χ4v) is 42.3. The Hall–Kier alpha value is 1.65. The molecule has 41 heavy (non-hydrogen) atoms. The van der Waals surface area contributed by atoms with Crippen molar-refractivity contribution in [3.05, 3.63) is 0 Å². The van der Waals surface area contributed by atoms with Gasteiger partial charge in [-0.3, -0.25) is 0 Å². The van der Waals surface area contributed by atoms with E-state index in [1.807, 2.05) is 26.6 Å². The van der Waals surface area contributed by atoms with Gasteiger partial charge in [-0.1, -0.05) is 26.6 Å². The van der Waals surface area contributed by atoms with E-state index in [0.717, 1.165) is 18.7 Å². The van der Waals surface area contributed by atoms with Gasteiger partial charge in [0.05, 0.1) is 0 Å². The average Bonchev–Trinajstić information content (AvgIpc) is 2.59. The van der Waals surface area contributed by atoms with Crippen molar-refractivity contribution in [2.75, 3.05) is 6.61 Å². The van der Waals surface area contributed by atoms with Gasteiger partial charge in [0.2, 0.25) is 0 Å². The van der Waals surface area contributed by atoms with Gasteiger partial charge in [0.25, 0.3) is 8.68 Å². The fraction of sp³-hybridized carbons (Fsp3) is 1.00. The van der Waals surface area contributed by atoms with Crippen LogP contribution in [0.3, 0.4) is 0 Å². The maximum absolute atomic E-state index is 12.0. The lowest BCUT2D eigenvalue weighted by atomic mass is 10.9. The van der Waals surface area contributed by atoms with Crippen LogP contribution in [0.2, 0.25) is 129 Å². The van der Waals surface area contributed by atoms with Crippen LogP contribution in [0.5, 0.6) is 0 Å². The van der Waals surface area contributed by atoms with Crippen molar-refractivity contribution in [2.45, 2.75) is 136 Å². The van der Waals surface area contributed by atoms with Gasteiger partial charge in [0.1, 0.15) is 0 Å². The Kier molecular flexibility index (Phi) is 17.1. The third-order valence-electron chi connectivity index (χ3n) is 5.31. The Labute approximate surface area is 265 Å². The molecule has 0 aliphatic heterocycles. The smallest absolute Gasteiger partial charge is 0.360 e. The van der Waals surface area contributed by atoms with Crippen LogP contribution in [0.4, 0.5) is 0 Å². The monoisotopic (exact) mass is 750 g/mol. The molecule has 0 rings (SSSR count). The van der Waals surface area contributed by atoms with Gasteiger partial charge < -0.3 is 37.7 Å². The van der Waals surface area contributed by atoms with E-state index in [-0.39, 0.29) is 0 Å². The highest BCUT2D eigenvalue weighted by Gasteiger charge is 2.48. The maximum Gasteiger partial charge on any atom is 0.360 e. The molecule has 0 bridgehead atoms. The second-order valence-corrected chi connectivity index (χ2v) is 48.5. The molecule has 9 nitrogen and oxygen atoms in total. The van der Waals surface area contributed by atoms with Crippen molar-refractivity contribution < 1.29 is 37.7 Å². The van der Waals surface area contributed by atoms with E-state index < -0.39 is 86.4 Å². The summed E-state index contributed by atoms with van der Waals surface area (Å²) in [5.41, 5.74) is 0.693. The highest BCUT2D eigenvalue weighted by atomic mass is 28.5. The zero-order valence-electron chi connectivity index (χ0n) is 29.5. The van der Waals surface area contributed by atoms with E-state index in [0.29, 0.717) is 5.67 Å². The molecule has 0 aliphatic rings. The van der Waals surface area contributed by atoms with Crippen molar-refractivity contribution in [1.82, 2.24) is 0 Å². The molecular formula is C22H62O9Si10. The van der Waals surface area contributed by atoms with Crippen LogP contribution in [0, 0.1) is 0 Å². The molecule has 19 heteroatoms. The molecule has 0 unspecified atom stereocenters. The van der Waals surface area contributed by atoms with Gasteiger partial charge in [-0.25, -0.2) is 0 Å². The second-order valence-electron chi connectivity index (χ2n) is 14.5. The lowest BCUT2D eigenvalue weighted by molar-refractivity contribution is 0.230. The molecule has 0 fully saturated rings. The molecular weight excluding hydrogens is 689 g/mol. The van der Waals surface area contributed by atoms with Crippen LogP contribution in [0.25, 0.3) is 0 Å². The Morgan fingerprint density at radius 3 is 1.29 bits per heavy atom. The van der Waals surface area contributed by atoms with Gasteiger partial charge in [-0.2, -0.15) is 0 Å². The molecule has 0 aromatic heterocycles. The predicted molar refractivity (Wildman–Crippen MR) is 192 cm³/mol. The van der Waals surface area contributed by atoms with Gasteiger partial charge in [-0.15, -0.1) is 0 Å². The quantitative estimate of drug-likeness (QED) is 0.112. The van der Waals surface area contributed by atoms with Gasteiger partial charge in [0, 0.05) is 20.3 Å². The van der Waals surface area contributed by atoms with E-state index >= 15 is 0 Å². The Morgan fingerprint density at radius 2 is 0.927 bits per heavy atom. The molecule has 0 N–H and O–H groups in total. The predicted octanol–water partition coefficient (Wildman–Crippen LogP) is 7.39. The first-order valence-corrected chi connectivity index (χ1v) is 41.0. The summed E-state index contributed by atoms with van der Waals surface area (Å²) in [7, 11) is -20.6. The standard InChI is InChI=1S/C22H62O9Si10/c1-19-34(23)22-32(2)25-33(3)26-37(9,10)28-39(13,14)30-41(17,18)31-40(15,16)29-38(11,12)27-36(7,8)24-20-21-35(4,5)6/h19-22H2,1-18H3. The lowest BCUT2D eigenvalue weighted by Gasteiger charge is -2.43. The summed E-state index contributed by atoms with van der Waals surface area (Å²) in [6.45, 7) is 38.7. The Bertz CT molecular complexity index is 820. The van der Waals surface area contributed by atoms with Gasteiger partial charge in [-0.05, 0) is 104 Å². The molecule has 244 valence electrons. The first-order chi connectivity index (χ1) is 18.0. The van der Waals surface area contributed by atoms with Crippen LogP contribution >= 0.6 is 0 Å². The molecule has 0 spiro atoms. The summed E-state index contributed by atoms with van der Waals surface area (Å²) >= 11 is 0. The minimum absolute atomic E-state index is 0.693. The molecule has 0 aromatic rings. The van der Waals surface area contributed by atoms with Crippen molar-refractivity contribution in [3.63, 3.8) is 0 Å². The topological polar surface area (TPSA) is 90.9 Å². The van der Waals surface area contributed by atoms with Crippen LogP contribution in [-0.4, -0.2) is 93.1 Å².